The van der Waals surface area contributed by atoms with Gasteiger partial charge in [-0.25, -0.2) is 0 Å². The Morgan fingerprint density at radius 3 is 2.76 bits per heavy atom. The quantitative estimate of drug-likeness (QED) is 0.741. The van der Waals surface area contributed by atoms with Crippen molar-refractivity contribution in [3.8, 4) is 0 Å². The maximum absolute atomic E-state index is 10.6. The summed E-state index contributed by atoms with van der Waals surface area (Å²) in [5.41, 5.74) is 0.962. The van der Waals surface area contributed by atoms with Gasteiger partial charge < -0.3 is 9.84 Å². The summed E-state index contributed by atoms with van der Waals surface area (Å²) >= 11 is 0. The largest absolute Gasteiger partial charge is 0.390 e. The number of aromatic nitrogens is 2. The van der Waals surface area contributed by atoms with Crippen molar-refractivity contribution in [1.29, 1.82) is 0 Å². The number of hydrogen-bond acceptors (Lipinski definition) is 3. The predicted molar refractivity (Wildman–Crippen MR) is 114 cm³/mol. The van der Waals surface area contributed by atoms with Gasteiger partial charge in [0.2, 0.25) is 0 Å². The van der Waals surface area contributed by atoms with Crippen LogP contribution >= 0.6 is 0 Å². The summed E-state index contributed by atoms with van der Waals surface area (Å²) in [5.74, 6) is 4.03. The molecule has 0 radical (unpaired) electrons. The summed E-state index contributed by atoms with van der Waals surface area (Å²) in [6, 6.07) is 1.98. The first-order chi connectivity index (χ1) is 13.9. The Bertz CT molecular complexity index is 742. The second kappa shape index (κ2) is 7.23. The van der Waals surface area contributed by atoms with Crippen molar-refractivity contribution in [3.05, 3.63) is 30.6 Å². The van der Waals surface area contributed by atoms with E-state index in [1.54, 1.807) is 0 Å². The number of fused-ring (bicyclic) bond motifs is 5. The van der Waals surface area contributed by atoms with Crippen LogP contribution in [0.4, 0.5) is 0 Å². The molecule has 1 N–H and O–H groups in total. The van der Waals surface area contributed by atoms with Crippen molar-refractivity contribution >= 4 is 0 Å². The van der Waals surface area contributed by atoms with E-state index in [2.05, 4.69) is 25.5 Å². The van der Waals surface area contributed by atoms with Crippen LogP contribution in [0.5, 0.6) is 0 Å². The Labute approximate surface area is 175 Å². The second-order valence-electron chi connectivity index (χ2n) is 11.1. The molecule has 3 aliphatic carbocycles. The summed E-state index contributed by atoms with van der Waals surface area (Å²) in [6.07, 6.45) is 13.7. The zero-order valence-corrected chi connectivity index (χ0v) is 18.2. The first-order valence-electron chi connectivity index (χ1n) is 11.9. The fourth-order valence-electron chi connectivity index (χ4n) is 8.07. The van der Waals surface area contributed by atoms with Crippen molar-refractivity contribution < 1.29 is 9.84 Å². The molecule has 0 bridgehead atoms. The average Bonchev–Trinajstić information content (AvgIpc) is 3.18. The molecule has 1 saturated heterocycles. The summed E-state index contributed by atoms with van der Waals surface area (Å²) in [7, 11) is 0. The fourth-order valence-corrected chi connectivity index (χ4v) is 8.07. The molecule has 4 aliphatic rings. The summed E-state index contributed by atoms with van der Waals surface area (Å²) in [4.78, 5) is 0. The SMILES string of the molecule is C=C(Cn1cccn1)[C@H]1OCCC2C3CC[C@@H]4C[C@](C)(O)CC[C@@H]4C3CC[C@@]21C. The number of aliphatic hydroxyl groups is 1. The zero-order chi connectivity index (χ0) is 20.2. The third-order valence-corrected chi connectivity index (χ3v) is 9.28. The molecule has 4 heteroatoms. The standard InChI is InChI=1S/C25H38N2O2/c1-17(16-27-13-4-12-26-27)23-25(3)11-8-20-19-7-10-24(2,28)15-18(19)5-6-21(20)22(25)9-14-29-23/h4,12-13,18-23,28H,1,5-11,14-16H2,2-3H3/t18-,19+,20?,21?,22?,23-,24-,25+/m1/s1. The van der Waals surface area contributed by atoms with Crippen molar-refractivity contribution in [2.45, 2.75) is 83.5 Å². The highest BCUT2D eigenvalue weighted by Crippen LogP contribution is 2.62. The van der Waals surface area contributed by atoms with Gasteiger partial charge in [-0.15, -0.1) is 0 Å². The van der Waals surface area contributed by atoms with E-state index in [4.69, 9.17) is 4.74 Å². The van der Waals surface area contributed by atoms with Gasteiger partial charge in [-0.05, 0) is 99.5 Å². The van der Waals surface area contributed by atoms with Gasteiger partial charge in [-0.3, -0.25) is 4.68 Å². The van der Waals surface area contributed by atoms with E-state index in [-0.39, 0.29) is 11.5 Å². The molecule has 0 aromatic carbocycles. The fraction of sp³-hybridized carbons (Fsp3) is 0.800. The van der Waals surface area contributed by atoms with Gasteiger partial charge in [0, 0.05) is 24.4 Å². The maximum Gasteiger partial charge on any atom is 0.0856 e. The second-order valence-corrected chi connectivity index (χ2v) is 11.1. The lowest BCUT2D eigenvalue weighted by molar-refractivity contribution is -0.169. The molecule has 4 nitrogen and oxygen atoms in total. The molecule has 1 aromatic rings. The minimum Gasteiger partial charge on any atom is -0.390 e. The molecule has 1 aromatic heterocycles. The van der Waals surface area contributed by atoms with Crippen LogP contribution in [0.15, 0.2) is 30.6 Å². The lowest BCUT2D eigenvalue weighted by Gasteiger charge is -2.60. The van der Waals surface area contributed by atoms with E-state index in [0.29, 0.717) is 0 Å². The molecule has 0 spiro atoms. The Kier molecular flexibility index (Phi) is 4.94. The highest BCUT2D eigenvalue weighted by atomic mass is 16.5. The van der Waals surface area contributed by atoms with Gasteiger partial charge in [0.25, 0.3) is 0 Å². The van der Waals surface area contributed by atoms with Crippen LogP contribution in [0.2, 0.25) is 0 Å². The third kappa shape index (κ3) is 3.40. The van der Waals surface area contributed by atoms with Gasteiger partial charge in [0.1, 0.15) is 0 Å². The molecule has 3 unspecified atom stereocenters. The van der Waals surface area contributed by atoms with E-state index in [1.807, 2.05) is 23.1 Å². The number of hydrogen-bond donors (Lipinski definition) is 1. The molecule has 2 heterocycles. The molecule has 29 heavy (non-hydrogen) atoms. The topological polar surface area (TPSA) is 47.3 Å². The lowest BCUT2D eigenvalue weighted by Crippen LogP contribution is -2.57. The summed E-state index contributed by atoms with van der Waals surface area (Å²) < 4.78 is 8.38. The number of rotatable bonds is 3. The number of ether oxygens (including phenoxy) is 1. The highest BCUT2D eigenvalue weighted by Gasteiger charge is 2.57. The van der Waals surface area contributed by atoms with Gasteiger partial charge in [-0.1, -0.05) is 13.5 Å². The monoisotopic (exact) mass is 398 g/mol. The molecule has 3 saturated carbocycles. The highest BCUT2D eigenvalue weighted by molar-refractivity contribution is 5.15. The summed E-state index contributed by atoms with van der Waals surface area (Å²) in [5, 5.41) is 15.0. The first-order valence-corrected chi connectivity index (χ1v) is 11.9. The Balaban J connectivity index is 1.34. The molecule has 4 fully saturated rings. The van der Waals surface area contributed by atoms with Crippen LogP contribution in [0.25, 0.3) is 0 Å². The minimum atomic E-state index is -0.425. The van der Waals surface area contributed by atoms with Crippen molar-refractivity contribution in [1.82, 2.24) is 9.78 Å². The average molecular weight is 399 g/mol. The van der Waals surface area contributed by atoms with Crippen LogP contribution in [-0.4, -0.2) is 33.2 Å². The first kappa shape index (κ1) is 19.8. The van der Waals surface area contributed by atoms with E-state index in [9.17, 15) is 5.11 Å². The van der Waals surface area contributed by atoms with Gasteiger partial charge in [-0.2, -0.15) is 5.10 Å². The maximum atomic E-state index is 10.6. The van der Waals surface area contributed by atoms with Gasteiger partial charge in [0.15, 0.2) is 0 Å². The van der Waals surface area contributed by atoms with Crippen LogP contribution in [0.3, 0.4) is 0 Å². The lowest BCUT2D eigenvalue weighted by atomic mass is 9.47. The van der Waals surface area contributed by atoms with E-state index < -0.39 is 5.60 Å². The zero-order valence-electron chi connectivity index (χ0n) is 18.2. The van der Waals surface area contributed by atoms with E-state index >= 15 is 0 Å². The Morgan fingerprint density at radius 2 is 1.97 bits per heavy atom. The Morgan fingerprint density at radius 1 is 1.14 bits per heavy atom. The molecule has 0 amide bonds. The van der Waals surface area contributed by atoms with Crippen molar-refractivity contribution in [3.63, 3.8) is 0 Å². The molecule has 5 rings (SSSR count). The molecular weight excluding hydrogens is 360 g/mol. The summed E-state index contributed by atoms with van der Waals surface area (Å²) in [6.45, 7) is 10.6. The molecular formula is C25H38N2O2. The number of nitrogens with zero attached hydrogens (tertiary/aromatic N) is 2. The van der Waals surface area contributed by atoms with Crippen LogP contribution in [0.1, 0.15) is 65.2 Å². The minimum absolute atomic E-state index is 0.149. The predicted octanol–water partition coefficient (Wildman–Crippen LogP) is 4.84. The molecule has 1 aliphatic heterocycles. The van der Waals surface area contributed by atoms with Crippen LogP contribution in [-0.2, 0) is 11.3 Å². The van der Waals surface area contributed by atoms with Crippen molar-refractivity contribution in [2.24, 2.45) is 35.0 Å². The smallest absolute Gasteiger partial charge is 0.0856 e. The van der Waals surface area contributed by atoms with E-state index in [1.165, 1.54) is 44.1 Å². The van der Waals surface area contributed by atoms with Gasteiger partial charge in [0.05, 0.1) is 18.2 Å². The van der Waals surface area contributed by atoms with Crippen molar-refractivity contribution in [2.75, 3.05) is 6.61 Å². The van der Waals surface area contributed by atoms with Gasteiger partial charge >= 0.3 is 0 Å². The van der Waals surface area contributed by atoms with Crippen LogP contribution in [0, 0.1) is 35.0 Å². The van der Waals surface area contributed by atoms with E-state index in [0.717, 1.165) is 55.6 Å². The Hall–Kier alpha value is -1.13. The van der Waals surface area contributed by atoms with Crippen LogP contribution < -0.4 is 0 Å². The molecule has 160 valence electrons. The third-order valence-electron chi connectivity index (χ3n) is 9.28. The normalized spacial score (nSPS) is 47.0. The molecule has 8 atom stereocenters.